The van der Waals surface area contributed by atoms with Crippen molar-refractivity contribution in [1.29, 1.82) is 0 Å². The van der Waals surface area contributed by atoms with Crippen LogP contribution in [0.2, 0.25) is 0 Å². The summed E-state index contributed by atoms with van der Waals surface area (Å²) in [6, 6.07) is 0. The molecule has 0 amide bonds. The van der Waals surface area contributed by atoms with Gasteiger partial charge in [-0.1, -0.05) is 0 Å². The molecule has 0 aliphatic carbocycles. The average molecular weight is 366 g/mol. The van der Waals surface area contributed by atoms with E-state index in [9.17, 15) is 0 Å². The van der Waals surface area contributed by atoms with E-state index >= 15 is 0 Å². The lowest BCUT2D eigenvalue weighted by atomic mass is 10.2. The molecule has 0 saturated carbocycles. The predicted molar refractivity (Wildman–Crippen MR) is 78.6 cm³/mol. The van der Waals surface area contributed by atoms with E-state index in [-0.39, 0.29) is 0 Å². The quantitative estimate of drug-likeness (QED) is 0.182. The van der Waals surface area contributed by atoms with Crippen LogP contribution in [0.1, 0.15) is 0 Å². The minimum atomic E-state index is -1.22. The molecule has 0 heterocycles. The molecule has 0 aromatic carbocycles. The molecule has 0 aliphatic heterocycles. The molecule has 12 N–H and O–H groups in total. The Labute approximate surface area is 138 Å². The molecule has 0 radical (unpaired) electrons. The van der Waals surface area contributed by atoms with Crippen LogP contribution in [-0.2, 0) is 0 Å². The number of aliphatic hydroxyl groups is 12. The first-order valence-corrected chi connectivity index (χ1v) is 6.90. The third-order valence-corrected chi connectivity index (χ3v) is 2.45. The normalized spacial score (nSPS) is 18.0. The van der Waals surface area contributed by atoms with E-state index < -0.39 is 76.3 Å². The summed E-state index contributed by atoms with van der Waals surface area (Å²) in [5.41, 5.74) is 0. The summed E-state index contributed by atoms with van der Waals surface area (Å²) in [7, 11) is 0. The van der Waals surface area contributed by atoms with Gasteiger partial charge in [-0.3, -0.25) is 0 Å². The summed E-state index contributed by atoms with van der Waals surface area (Å²) in [6.07, 6.45) is -7.33. The van der Waals surface area contributed by atoms with Crippen molar-refractivity contribution >= 4 is 0 Å². The van der Waals surface area contributed by atoms with E-state index in [1.165, 1.54) is 0 Å². The van der Waals surface area contributed by atoms with Crippen molar-refractivity contribution in [3.05, 3.63) is 0 Å². The number of aliphatic hydroxyl groups excluding tert-OH is 12. The summed E-state index contributed by atoms with van der Waals surface area (Å²) in [5, 5.41) is 99.5. The topological polar surface area (TPSA) is 243 Å². The van der Waals surface area contributed by atoms with Crippen molar-refractivity contribution in [2.75, 3.05) is 39.6 Å². The fourth-order valence-corrected chi connectivity index (χ4v) is 0.730. The molecule has 0 bridgehead atoms. The van der Waals surface area contributed by atoms with E-state index in [1.54, 1.807) is 0 Å². The second-order valence-electron chi connectivity index (χ2n) is 4.50. The van der Waals surface area contributed by atoms with Crippen LogP contribution in [0.15, 0.2) is 0 Å². The monoisotopic (exact) mass is 366 g/mol. The zero-order valence-electron chi connectivity index (χ0n) is 13.1. The Morgan fingerprint density at radius 2 is 0.375 bits per heavy atom. The maximum absolute atomic E-state index is 8.47. The average Bonchev–Trinajstić information content (AvgIpc) is 2.64. The van der Waals surface area contributed by atoms with Gasteiger partial charge in [-0.25, -0.2) is 0 Å². The minimum absolute atomic E-state index is 0.526. The van der Waals surface area contributed by atoms with Gasteiger partial charge in [0.25, 0.3) is 0 Å². The molecule has 0 aromatic rings. The van der Waals surface area contributed by atoms with Gasteiger partial charge in [0, 0.05) is 0 Å². The van der Waals surface area contributed by atoms with E-state index in [0.29, 0.717) is 0 Å². The summed E-state index contributed by atoms with van der Waals surface area (Å²) in [4.78, 5) is 0. The Morgan fingerprint density at radius 1 is 0.292 bits per heavy atom. The first-order valence-electron chi connectivity index (χ1n) is 6.90. The zero-order valence-corrected chi connectivity index (χ0v) is 13.1. The van der Waals surface area contributed by atoms with Crippen LogP contribution in [0.5, 0.6) is 0 Å². The number of hydrogen-bond donors (Lipinski definition) is 12. The van der Waals surface area contributed by atoms with Crippen molar-refractivity contribution in [2.24, 2.45) is 0 Å². The molecule has 12 nitrogen and oxygen atoms in total. The fourth-order valence-electron chi connectivity index (χ4n) is 0.730. The fraction of sp³-hybridized carbons (Fsp3) is 1.00. The van der Waals surface area contributed by atoms with Crippen molar-refractivity contribution in [1.82, 2.24) is 0 Å². The minimum Gasteiger partial charge on any atom is -0.394 e. The van der Waals surface area contributed by atoms with Crippen molar-refractivity contribution in [3.63, 3.8) is 0 Å². The third kappa shape index (κ3) is 16.4. The number of hydrogen-bond acceptors (Lipinski definition) is 12. The first-order chi connectivity index (χ1) is 11.2. The van der Waals surface area contributed by atoms with Crippen LogP contribution < -0.4 is 0 Å². The molecular weight excluding hydrogens is 336 g/mol. The van der Waals surface area contributed by atoms with Gasteiger partial charge in [0.15, 0.2) is 0 Å². The Kier molecular flexibility index (Phi) is 22.3. The van der Waals surface area contributed by atoms with Crippen molar-refractivity contribution in [2.45, 2.75) is 36.6 Å². The molecular formula is C12H30O12. The molecule has 0 aliphatic rings. The number of rotatable bonds is 9. The molecule has 0 unspecified atom stereocenters. The maximum Gasteiger partial charge on any atom is 0.105 e. The molecule has 6 atom stereocenters. The summed E-state index contributed by atoms with van der Waals surface area (Å²) < 4.78 is 0. The second-order valence-corrected chi connectivity index (χ2v) is 4.50. The Morgan fingerprint density at radius 3 is 0.417 bits per heavy atom. The molecule has 0 aromatic heterocycles. The third-order valence-electron chi connectivity index (χ3n) is 2.45. The van der Waals surface area contributed by atoms with Crippen LogP contribution >= 0.6 is 0 Å². The van der Waals surface area contributed by atoms with Gasteiger partial charge < -0.3 is 61.3 Å². The van der Waals surface area contributed by atoms with Gasteiger partial charge in [0.1, 0.15) is 36.6 Å². The Bertz CT molecular complexity index is 182. The lowest BCUT2D eigenvalue weighted by molar-refractivity contribution is -0.0388. The van der Waals surface area contributed by atoms with Gasteiger partial charge in [0.2, 0.25) is 0 Å². The molecule has 24 heavy (non-hydrogen) atoms. The van der Waals surface area contributed by atoms with Gasteiger partial charge in [0.05, 0.1) is 39.6 Å². The van der Waals surface area contributed by atoms with Crippen molar-refractivity contribution in [3.8, 4) is 0 Å². The Hall–Kier alpha value is -0.480. The molecule has 150 valence electrons. The SMILES string of the molecule is OC[C@@H](O)[C@@H](O)CO.OC[C@@H](O)[C@@H](O)CO.OC[C@@H](O)[C@@H](O)CO. The van der Waals surface area contributed by atoms with Crippen LogP contribution in [0.25, 0.3) is 0 Å². The highest BCUT2D eigenvalue weighted by atomic mass is 16.4. The first kappa shape index (κ1) is 28.3. The highest BCUT2D eigenvalue weighted by molar-refractivity contribution is 4.63. The van der Waals surface area contributed by atoms with Gasteiger partial charge in [-0.2, -0.15) is 0 Å². The van der Waals surface area contributed by atoms with E-state index in [2.05, 4.69) is 0 Å². The lowest BCUT2D eigenvalue weighted by Crippen LogP contribution is -2.31. The lowest BCUT2D eigenvalue weighted by Gasteiger charge is -2.10. The van der Waals surface area contributed by atoms with E-state index in [4.69, 9.17) is 61.3 Å². The van der Waals surface area contributed by atoms with E-state index in [0.717, 1.165) is 0 Å². The van der Waals surface area contributed by atoms with Crippen molar-refractivity contribution < 1.29 is 61.3 Å². The van der Waals surface area contributed by atoms with Gasteiger partial charge in [-0.15, -0.1) is 0 Å². The summed E-state index contributed by atoms with van der Waals surface area (Å²) in [6.45, 7) is -3.16. The molecule has 0 rings (SSSR count). The van der Waals surface area contributed by atoms with Crippen LogP contribution in [0.3, 0.4) is 0 Å². The molecule has 0 fully saturated rings. The van der Waals surface area contributed by atoms with E-state index in [1.807, 2.05) is 0 Å². The largest absolute Gasteiger partial charge is 0.394 e. The zero-order chi connectivity index (χ0) is 19.7. The van der Waals surface area contributed by atoms with Gasteiger partial charge in [-0.05, 0) is 0 Å². The highest BCUT2D eigenvalue weighted by Crippen LogP contribution is 1.89. The second kappa shape index (κ2) is 18.9. The predicted octanol–water partition coefficient (Wildman–Crippen LogP) is -6.92. The smallest absolute Gasteiger partial charge is 0.105 e. The van der Waals surface area contributed by atoms with Gasteiger partial charge >= 0.3 is 0 Å². The van der Waals surface area contributed by atoms with Crippen LogP contribution in [0, 0.1) is 0 Å². The standard InChI is InChI=1S/3C4H10O4/c3*5-1-3(7)4(8)2-6/h3*3-8H,1-2H2/t3*3-,4+. The highest BCUT2D eigenvalue weighted by Gasteiger charge is 2.13. The molecule has 0 saturated heterocycles. The Balaban J connectivity index is -0.000000276. The maximum atomic E-state index is 8.47. The molecule has 12 heteroatoms. The summed E-state index contributed by atoms with van der Waals surface area (Å²) in [5.74, 6) is 0. The summed E-state index contributed by atoms with van der Waals surface area (Å²) >= 11 is 0. The van der Waals surface area contributed by atoms with Crippen LogP contribution in [0.4, 0.5) is 0 Å². The molecule has 0 spiro atoms. The van der Waals surface area contributed by atoms with Crippen LogP contribution in [-0.4, -0.2) is 138 Å².